The highest BCUT2D eigenvalue weighted by molar-refractivity contribution is 6.01. The Kier molecular flexibility index (Phi) is 4.60. The summed E-state index contributed by atoms with van der Waals surface area (Å²) in [6.07, 6.45) is 0. The Balaban J connectivity index is 2.32. The molecule has 6 nitrogen and oxygen atoms in total. The predicted molar refractivity (Wildman–Crippen MR) is 86.6 cm³/mol. The van der Waals surface area contributed by atoms with E-state index in [1.165, 1.54) is 0 Å². The number of nitrogens with zero attached hydrogens (tertiary/aromatic N) is 3. The molecule has 0 aliphatic carbocycles. The number of carbonyl (C=O) groups is 1. The number of rotatable bonds is 5. The van der Waals surface area contributed by atoms with Gasteiger partial charge in [0.2, 0.25) is 0 Å². The molecule has 0 bridgehead atoms. The zero-order chi connectivity index (χ0) is 16.3. The van der Waals surface area contributed by atoms with Gasteiger partial charge in [0, 0.05) is 17.8 Å². The van der Waals surface area contributed by atoms with E-state index >= 15 is 0 Å². The summed E-state index contributed by atoms with van der Waals surface area (Å²) in [7, 11) is 0. The summed E-state index contributed by atoms with van der Waals surface area (Å²) in [6.45, 7) is 8.67. The lowest BCUT2D eigenvalue weighted by molar-refractivity contribution is 0.0698. The van der Waals surface area contributed by atoms with Crippen LogP contribution in [-0.4, -0.2) is 26.6 Å². The fraction of sp³-hybridized carbons (Fsp3) is 0.312. The minimum absolute atomic E-state index is 0.191. The summed E-state index contributed by atoms with van der Waals surface area (Å²) in [6, 6.07) is 6.69. The summed E-state index contributed by atoms with van der Waals surface area (Å²) in [5.41, 5.74) is 7.22. The first-order valence-electron chi connectivity index (χ1n) is 7.12. The third-order valence-electron chi connectivity index (χ3n) is 3.54. The third kappa shape index (κ3) is 3.00. The van der Waals surface area contributed by atoms with Gasteiger partial charge in [-0.1, -0.05) is 12.1 Å². The number of carboxylic acids is 1. The molecule has 0 saturated carbocycles. The monoisotopic (exact) mass is 300 g/mol. The van der Waals surface area contributed by atoms with Crippen molar-refractivity contribution in [2.45, 2.75) is 34.2 Å². The van der Waals surface area contributed by atoms with Gasteiger partial charge in [0.15, 0.2) is 0 Å². The zero-order valence-corrected chi connectivity index (χ0v) is 13.2. The maximum atomic E-state index is 11.2. The molecule has 0 unspecified atom stereocenters. The van der Waals surface area contributed by atoms with Crippen molar-refractivity contribution in [3.05, 3.63) is 46.8 Å². The second kappa shape index (κ2) is 6.43. The molecule has 0 radical (unpaired) electrons. The fourth-order valence-electron chi connectivity index (χ4n) is 2.50. The molecule has 1 heterocycles. The first-order valence-corrected chi connectivity index (χ1v) is 7.12. The van der Waals surface area contributed by atoms with Crippen LogP contribution in [0.15, 0.2) is 29.4 Å². The average Bonchev–Trinajstić information content (AvgIpc) is 2.79. The van der Waals surface area contributed by atoms with Crippen LogP contribution in [0, 0.1) is 13.8 Å². The Bertz CT molecular complexity index is 732. The molecule has 22 heavy (non-hydrogen) atoms. The van der Waals surface area contributed by atoms with Crippen molar-refractivity contribution < 1.29 is 9.90 Å². The quantitative estimate of drug-likeness (QED) is 0.657. The van der Waals surface area contributed by atoms with Gasteiger partial charge in [0.25, 0.3) is 0 Å². The van der Waals surface area contributed by atoms with E-state index in [0.29, 0.717) is 5.69 Å². The van der Waals surface area contributed by atoms with Crippen molar-refractivity contribution in [1.82, 2.24) is 9.78 Å². The maximum Gasteiger partial charge on any atom is 0.337 e. The van der Waals surface area contributed by atoms with Gasteiger partial charge in [-0.3, -0.25) is 10.1 Å². The minimum Gasteiger partial charge on any atom is -0.478 e. The first kappa shape index (κ1) is 15.8. The van der Waals surface area contributed by atoms with Gasteiger partial charge in [0.05, 0.1) is 22.7 Å². The van der Waals surface area contributed by atoms with Crippen LogP contribution in [0.3, 0.4) is 0 Å². The van der Waals surface area contributed by atoms with E-state index in [2.05, 4.69) is 15.6 Å². The predicted octanol–water partition coefficient (Wildman–Crippen LogP) is 3.05. The van der Waals surface area contributed by atoms with Crippen LogP contribution >= 0.6 is 0 Å². The number of anilines is 1. The zero-order valence-electron chi connectivity index (χ0n) is 13.2. The van der Waals surface area contributed by atoms with Crippen LogP contribution < -0.4 is 5.43 Å². The molecule has 1 aromatic heterocycles. The van der Waals surface area contributed by atoms with Crippen LogP contribution in [0.25, 0.3) is 0 Å². The highest BCUT2D eigenvalue weighted by atomic mass is 16.4. The second-order valence-corrected chi connectivity index (χ2v) is 5.02. The highest BCUT2D eigenvalue weighted by Crippen LogP contribution is 2.17. The molecule has 6 heteroatoms. The van der Waals surface area contributed by atoms with E-state index in [-0.39, 0.29) is 5.56 Å². The number of aromatic nitrogens is 2. The lowest BCUT2D eigenvalue weighted by Gasteiger charge is -2.07. The van der Waals surface area contributed by atoms with Crippen LogP contribution in [0.2, 0.25) is 0 Å². The Hall–Kier alpha value is -2.63. The van der Waals surface area contributed by atoms with Gasteiger partial charge in [-0.25, -0.2) is 4.79 Å². The number of aryl methyl sites for hydroxylation is 2. The normalized spacial score (nSPS) is 11.5. The largest absolute Gasteiger partial charge is 0.478 e. The smallest absolute Gasteiger partial charge is 0.337 e. The summed E-state index contributed by atoms with van der Waals surface area (Å²) < 4.78 is 1.93. The average molecular weight is 300 g/mol. The summed E-state index contributed by atoms with van der Waals surface area (Å²) in [4.78, 5) is 11.2. The molecule has 0 saturated heterocycles. The van der Waals surface area contributed by atoms with Crippen molar-refractivity contribution in [2.75, 3.05) is 5.43 Å². The number of nitrogens with one attached hydrogen (secondary N) is 1. The van der Waals surface area contributed by atoms with E-state index < -0.39 is 5.97 Å². The van der Waals surface area contributed by atoms with Crippen LogP contribution in [0.1, 0.15) is 41.2 Å². The molecule has 1 aromatic carbocycles. The Morgan fingerprint density at radius 2 is 2.05 bits per heavy atom. The van der Waals surface area contributed by atoms with Gasteiger partial charge in [-0.2, -0.15) is 10.2 Å². The number of hydrogen-bond donors (Lipinski definition) is 2. The summed E-state index contributed by atoms with van der Waals surface area (Å²) in [5, 5.41) is 18.0. The Morgan fingerprint density at radius 3 is 2.64 bits per heavy atom. The third-order valence-corrected chi connectivity index (χ3v) is 3.54. The molecule has 0 amide bonds. The SMILES string of the molecule is CCn1nc(C)c(C(C)=NNc2ccccc2C(=O)O)c1C. The van der Waals surface area contributed by atoms with Gasteiger partial charge in [0.1, 0.15) is 0 Å². The van der Waals surface area contributed by atoms with Crippen LogP contribution in [0.4, 0.5) is 5.69 Å². The molecular weight excluding hydrogens is 280 g/mol. The lowest BCUT2D eigenvalue weighted by atomic mass is 10.1. The molecule has 0 aliphatic heterocycles. The number of benzene rings is 1. The molecule has 0 fully saturated rings. The summed E-state index contributed by atoms with van der Waals surface area (Å²) >= 11 is 0. The van der Waals surface area contributed by atoms with Crippen molar-refractivity contribution in [3.8, 4) is 0 Å². The van der Waals surface area contributed by atoms with Gasteiger partial charge < -0.3 is 5.11 Å². The van der Waals surface area contributed by atoms with Crippen LogP contribution in [0.5, 0.6) is 0 Å². The lowest BCUT2D eigenvalue weighted by Crippen LogP contribution is -2.06. The van der Waals surface area contributed by atoms with E-state index in [1.807, 2.05) is 32.4 Å². The maximum absolute atomic E-state index is 11.2. The molecule has 116 valence electrons. The van der Waals surface area contributed by atoms with Gasteiger partial charge in [-0.15, -0.1) is 0 Å². The Morgan fingerprint density at radius 1 is 1.36 bits per heavy atom. The van der Waals surface area contributed by atoms with E-state index in [0.717, 1.165) is 29.2 Å². The molecular formula is C16H20N4O2. The van der Waals surface area contributed by atoms with Gasteiger partial charge >= 0.3 is 5.97 Å². The second-order valence-electron chi connectivity index (χ2n) is 5.02. The number of carboxylic acid groups (broad SMARTS) is 1. The van der Waals surface area contributed by atoms with E-state index in [1.54, 1.807) is 24.3 Å². The topological polar surface area (TPSA) is 79.5 Å². The van der Waals surface area contributed by atoms with E-state index in [4.69, 9.17) is 5.11 Å². The number of hydrazone groups is 1. The van der Waals surface area contributed by atoms with E-state index in [9.17, 15) is 4.79 Å². The highest BCUT2D eigenvalue weighted by Gasteiger charge is 2.14. The number of para-hydroxylation sites is 1. The van der Waals surface area contributed by atoms with Crippen molar-refractivity contribution in [3.63, 3.8) is 0 Å². The fourth-order valence-corrected chi connectivity index (χ4v) is 2.50. The molecule has 2 rings (SSSR count). The molecule has 0 aliphatic rings. The Labute approximate surface area is 129 Å². The molecule has 2 aromatic rings. The summed E-state index contributed by atoms with van der Waals surface area (Å²) in [5.74, 6) is -0.984. The van der Waals surface area contributed by atoms with Crippen LogP contribution in [-0.2, 0) is 6.54 Å². The molecule has 0 atom stereocenters. The number of hydrogen-bond acceptors (Lipinski definition) is 4. The standard InChI is InChI=1S/C16H20N4O2/c1-5-20-12(4)15(11(3)19-20)10(2)17-18-14-9-7-6-8-13(14)16(21)22/h6-9,18H,5H2,1-4H3,(H,21,22). The molecule has 0 spiro atoms. The molecule has 2 N–H and O–H groups in total. The van der Waals surface area contributed by atoms with Crippen molar-refractivity contribution >= 4 is 17.4 Å². The van der Waals surface area contributed by atoms with Crippen molar-refractivity contribution in [1.29, 1.82) is 0 Å². The van der Waals surface area contributed by atoms with Crippen molar-refractivity contribution in [2.24, 2.45) is 5.10 Å². The number of aromatic carboxylic acids is 1. The van der Waals surface area contributed by atoms with Gasteiger partial charge in [-0.05, 0) is 39.8 Å². The minimum atomic E-state index is -0.984. The first-order chi connectivity index (χ1) is 10.5.